The van der Waals surface area contributed by atoms with Gasteiger partial charge < -0.3 is 20.1 Å². The van der Waals surface area contributed by atoms with E-state index in [1.54, 1.807) is 0 Å². The molecule has 9 nitrogen and oxygen atoms in total. The summed E-state index contributed by atoms with van der Waals surface area (Å²) >= 11 is 6.04. The molecule has 6 rings (SSSR count). The Balaban J connectivity index is 1.51. The van der Waals surface area contributed by atoms with Crippen LogP contribution >= 0.6 is 11.6 Å². The van der Waals surface area contributed by atoms with Crippen molar-refractivity contribution in [1.82, 2.24) is 24.5 Å². The van der Waals surface area contributed by atoms with Crippen molar-refractivity contribution < 1.29 is 50.8 Å². The van der Waals surface area contributed by atoms with Crippen molar-refractivity contribution in [2.24, 2.45) is 0 Å². The lowest BCUT2D eigenvalue weighted by Gasteiger charge is -2.42. The molecule has 17 heteroatoms. The highest BCUT2D eigenvalue weighted by Crippen LogP contribution is 2.42. The summed E-state index contributed by atoms with van der Waals surface area (Å²) in [5.41, 5.74) is -2.02. The smallest absolute Gasteiger partial charge is 0.394 e. The van der Waals surface area contributed by atoms with Crippen LogP contribution < -0.4 is 0 Å². The van der Waals surface area contributed by atoms with Gasteiger partial charge in [0.05, 0.1) is 17.9 Å². The van der Waals surface area contributed by atoms with Gasteiger partial charge in [0, 0.05) is 22.3 Å². The SMILES string of the molecule is Cc1nc([C@@H]2O[C@H](CO)[C@H](O)[C@H](n3cc(-c4cc(F)c(F)c(F)c4)c(-c4cccc(F)c4)n3)[C@H]2O)n(-c2cc(Cl)ccc2C(F)(F)F)n1. The second-order valence-corrected chi connectivity index (χ2v) is 11.4. The molecular weight excluding hydrogens is 675 g/mol. The fraction of sp³-hybridized carbons (Fsp3) is 0.258. The fourth-order valence-electron chi connectivity index (χ4n) is 5.66. The van der Waals surface area contributed by atoms with E-state index in [0.29, 0.717) is 12.1 Å². The van der Waals surface area contributed by atoms with Crippen LogP contribution in [0.5, 0.6) is 0 Å². The Kier molecular flexibility index (Phi) is 8.80. The Bertz CT molecular complexity index is 1980. The number of alkyl halides is 3. The third-order valence-corrected chi connectivity index (χ3v) is 8.04. The van der Waals surface area contributed by atoms with Crippen LogP contribution in [0.25, 0.3) is 28.1 Å². The van der Waals surface area contributed by atoms with Gasteiger partial charge in [-0.25, -0.2) is 27.2 Å². The van der Waals surface area contributed by atoms with Crippen molar-refractivity contribution in [2.75, 3.05) is 6.61 Å². The number of aliphatic hydroxyl groups is 3. The van der Waals surface area contributed by atoms with Crippen molar-refractivity contribution in [1.29, 1.82) is 0 Å². The van der Waals surface area contributed by atoms with Gasteiger partial charge in [0.25, 0.3) is 0 Å². The van der Waals surface area contributed by atoms with Gasteiger partial charge in [-0.05, 0) is 55.0 Å². The van der Waals surface area contributed by atoms with Crippen LogP contribution in [0.15, 0.2) is 60.8 Å². The zero-order chi connectivity index (χ0) is 34.7. The molecule has 0 bridgehead atoms. The number of ether oxygens (including phenoxy) is 1. The first kappa shape index (κ1) is 33.5. The summed E-state index contributed by atoms with van der Waals surface area (Å²) < 4.78 is 106. The summed E-state index contributed by atoms with van der Waals surface area (Å²) in [5, 5.41) is 41.5. The summed E-state index contributed by atoms with van der Waals surface area (Å²) in [4.78, 5) is 4.19. The maximum absolute atomic E-state index is 14.3. The second-order valence-electron chi connectivity index (χ2n) is 11.0. The maximum atomic E-state index is 14.3. The van der Waals surface area contributed by atoms with Crippen molar-refractivity contribution in [3.63, 3.8) is 0 Å². The normalized spacial score (nSPS) is 21.5. The lowest BCUT2D eigenvalue weighted by molar-refractivity contribution is -0.210. The van der Waals surface area contributed by atoms with E-state index in [1.165, 1.54) is 19.1 Å². The predicted octanol–water partition coefficient (Wildman–Crippen LogP) is 5.73. The molecule has 1 aliphatic rings. The number of halogens is 8. The molecule has 3 heterocycles. The molecule has 252 valence electrons. The molecule has 3 aromatic carbocycles. The molecule has 0 radical (unpaired) electrons. The first-order valence-electron chi connectivity index (χ1n) is 14.1. The third kappa shape index (κ3) is 6.05. The quantitative estimate of drug-likeness (QED) is 0.153. The van der Waals surface area contributed by atoms with Crippen LogP contribution in [0.3, 0.4) is 0 Å². The van der Waals surface area contributed by atoms with Crippen LogP contribution in [0, 0.1) is 30.2 Å². The minimum Gasteiger partial charge on any atom is -0.394 e. The Morgan fingerprint density at radius 2 is 1.62 bits per heavy atom. The molecule has 0 aliphatic carbocycles. The lowest BCUT2D eigenvalue weighted by atomic mass is 9.92. The summed E-state index contributed by atoms with van der Waals surface area (Å²) in [6.07, 6.45) is -10.5. The first-order chi connectivity index (χ1) is 22.7. The monoisotopic (exact) mass is 697 g/mol. The Labute approximate surface area is 271 Å². The van der Waals surface area contributed by atoms with Crippen LogP contribution in [-0.4, -0.2) is 64.8 Å². The van der Waals surface area contributed by atoms with E-state index in [2.05, 4.69) is 15.2 Å². The van der Waals surface area contributed by atoms with E-state index >= 15 is 0 Å². The van der Waals surface area contributed by atoms with Gasteiger partial charge in [-0.3, -0.25) is 4.68 Å². The van der Waals surface area contributed by atoms with Gasteiger partial charge >= 0.3 is 6.18 Å². The zero-order valence-electron chi connectivity index (χ0n) is 24.4. The molecular formula is C31H23ClF7N5O4. The highest BCUT2D eigenvalue weighted by molar-refractivity contribution is 6.30. The first-order valence-corrected chi connectivity index (χ1v) is 14.5. The second kappa shape index (κ2) is 12.6. The fourth-order valence-corrected chi connectivity index (χ4v) is 5.82. The van der Waals surface area contributed by atoms with Crippen molar-refractivity contribution >= 4 is 11.6 Å². The summed E-state index contributed by atoms with van der Waals surface area (Å²) in [6, 6.07) is 7.46. The number of aryl methyl sites for hydroxylation is 1. The highest BCUT2D eigenvalue weighted by atomic mass is 35.5. The van der Waals surface area contributed by atoms with Gasteiger partial charge in [-0.1, -0.05) is 23.7 Å². The zero-order valence-corrected chi connectivity index (χ0v) is 25.1. The third-order valence-electron chi connectivity index (χ3n) is 7.81. The molecule has 48 heavy (non-hydrogen) atoms. The van der Waals surface area contributed by atoms with Crippen molar-refractivity contribution in [2.45, 2.75) is 43.6 Å². The molecule has 1 saturated heterocycles. The van der Waals surface area contributed by atoms with Crippen LogP contribution in [0.2, 0.25) is 5.02 Å². The number of aromatic nitrogens is 5. The minimum atomic E-state index is -4.87. The van der Waals surface area contributed by atoms with Crippen LogP contribution in [0.4, 0.5) is 30.7 Å². The molecule has 3 N–H and O–H groups in total. The van der Waals surface area contributed by atoms with Crippen molar-refractivity contribution in [3.8, 4) is 28.1 Å². The van der Waals surface area contributed by atoms with Gasteiger partial charge in [0.2, 0.25) is 0 Å². The molecule has 1 fully saturated rings. The van der Waals surface area contributed by atoms with Crippen molar-refractivity contribution in [3.05, 3.63) is 106 Å². The highest BCUT2D eigenvalue weighted by Gasteiger charge is 2.49. The van der Waals surface area contributed by atoms with Crippen LogP contribution in [0.1, 0.15) is 29.4 Å². The number of benzene rings is 3. The molecule has 0 unspecified atom stereocenters. The molecule has 2 aromatic heterocycles. The maximum Gasteiger partial charge on any atom is 0.418 e. The molecule has 0 amide bonds. The largest absolute Gasteiger partial charge is 0.418 e. The topological polar surface area (TPSA) is 118 Å². The summed E-state index contributed by atoms with van der Waals surface area (Å²) in [7, 11) is 0. The van der Waals surface area contributed by atoms with Gasteiger partial charge in [-0.2, -0.15) is 23.4 Å². The number of hydrogen-bond acceptors (Lipinski definition) is 7. The number of nitrogens with zero attached hydrogens (tertiary/aromatic N) is 5. The van der Waals surface area contributed by atoms with E-state index in [9.17, 15) is 46.1 Å². The standard InChI is InChI=1S/C31H23ClF7N5O4/c1-13-40-30(44(41-13)22-10-16(32)5-6-19(22)31(37,38)39)29-28(47)26(27(46)23(12-45)48-29)43-11-18(15-8-20(34)24(36)21(35)9-15)25(42-43)14-3-2-4-17(33)7-14/h2-11,23,26-29,45-47H,12H2,1H3/t23-,26+,27+,28-,29-/m1/s1. The molecule has 1 aliphatic heterocycles. The number of aliphatic hydroxyl groups excluding tert-OH is 3. The average Bonchev–Trinajstić information content (AvgIpc) is 3.63. The number of rotatable bonds is 6. The summed E-state index contributed by atoms with van der Waals surface area (Å²) in [5.74, 6) is -5.91. The Morgan fingerprint density at radius 1 is 0.917 bits per heavy atom. The minimum absolute atomic E-state index is 0.0350. The Morgan fingerprint density at radius 3 is 2.27 bits per heavy atom. The lowest BCUT2D eigenvalue weighted by Crippen LogP contribution is -2.53. The average molecular weight is 698 g/mol. The number of hydrogen-bond donors (Lipinski definition) is 3. The van der Waals surface area contributed by atoms with E-state index in [4.69, 9.17) is 16.3 Å². The summed E-state index contributed by atoms with van der Waals surface area (Å²) in [6.45, 7) is 0.521. The van der Waals surface area contributed by atoms with E-state index < -0.39 is 77.8 Å². The van der Waals surface area contributed by atoms with E-state index in [0.717, 1.165) is 45.9 Å². The van der Waals surface area contributed by atoms with Gasteiger partial charge in [0.1, 0.15) is 47.8 Å². The van der Waals surface area contributed by atoms with E-state index in [-0.39, 0.29) is 39.1 Å². The van der Waals surface area contributed by atoms with Gasteiger partial charge in [-0.15, -0.1) is 0 Å². The molecule has 0 spiro atoms. The Hall–Kier alpha value is -4.35. The van der Waals surface area contributed by atoms with E-state index in [1.807, 2.05) is 0 Å². The molecule has 5 atom stereocenters. The predicted molar refractivity (Wildman–Crippen MR) is 155 cm³/mol. The molecule has 5 aromatic rings. The van der Waals surface area contributed by atoms with Crippen LogP contribution in [-0.2, 0) is 10.9 Å². The van der Waals surface area contributed by atoms with Gasteiger partial charge in [0.15, 0.2) is 23.3 Å². The molecule has 0 saturated carbocycles.